The second-order valence-corrected chi connectivity index (χ2v) is 9.94. The van der Waals surface area contributed by atoms with E-state index in [4.69, 9.17) is 0 Å². The van der Waals surface area contributed by atoms with Crippen molar-refractivity contribution in [3.05, 3.63) is 51.4 Å². The van der Waals surface area contributed by atoms with Gasteiger partial charge in [0.05, 0.1) is 5.56 Å². The van der Waals surface area contributed by atoms with Crippen LogP contribution < -0.4 is 5.32 Å². The Labute approximate surface area is 172 Å². The van der Waals surface area contributed by atoms with Crippen LogP contribution in [0.5, 0.6) is 0 Å². The van der Waals surface area contributed by atoms with E-state index < -0.39 is 0 Å². The molecule has 2 aromatic rings. The Bertz CT molecular complexity index is 900. The molecule has 1 aromatic carbocycles. The van der Waals surface area contributed by atoms with E-state index in [1.807, 2.05) is 24.3 Å². The number of rotatable bonds is 5. The maximum absolute atomic E-state index is 12.7. The molecule has 148 valence electrons. The molecule has 28 heavy (non-hydrogen) atoms. The molecule has 0 spiro atoms. The fourth-order valence-electron chi connectivity index (χ4n) is 3.94. The maximum Gasteiger partial charge on any atom is 0.256 e. The molecule has 1 atom stereocenters. The van der Waals surface area contributed by atoms with E-state index in [9.17, 15) is 10.1 Å². The predicted octanol–water partition coefficient (Wildman–Crippen LogP) is 6.54. The number of amides is 1. The fourth-order valence-corrected chi connectivity index (χ4v) is 5.22. The van der Waals surface area contributed by atoms with Gasteiger partial charge >= 0.3 is 0 Å². The Morgan fingerprint density at radius 1 is 1.32 bits per heavy atom. The summed E-state index contributed by atoms with van der Waals surface area (Å²) in [6.45, 7) is 11.2. The van der Waals surface area contributed by atoms with E-state index in [1.165, 1.54) is 10.4 Å². The summed E-state index contributed by atoms with van der Waals surface area (Å²) in [6.07, 6.45) is 4.21. The number of carbonyl (C=O) groups excluding carboxylic acids is 1. The quantitative estimate of drug-likeness (QED) is 0.626. The molecule has 1 unspecified atom stereocenters. The summed E-state index contributed by atoms with van der Waals surface area (Å²) in [5.74, 6) is 0.921. The first-order valence-corrected chi connectivity index (χ1v) is 11.0. The molecule has 3 rings (SSSR count). The molecule has 1 amide bonds. The van der Waals surface area contributed by atoms with E-state index >= 15 is 0 Å². The van der Waals surface area contributed by atoms with Crippen molar-refractivity contribution in [1.82, 2.24) is 0 Å². The zero-order chi connectivity index (χ0) is 20.5. The Morgan fingerprint density at radius 3 is 2.57 bits per heavy atom. The van der Waals surface area contributed by atoms with Crippen molar-refractivity contribution in [1.29, 1.82) is 5.26 Å². The van der Waals surface area contributed by atoms with Crippen molar-refractivity contribution >= 4 is 22.2 Å². The van der Waals surface area contributed by atoms with Gasteiger partial charge < -0.3 is 5.32 Å². The lowest BCUT2D eigenvalue weighted by molar-refractivity contribution is 0.102. The van der Waals surface area contributed by atoms with Gasteiger partial charge in [-0.2, -0.15) is 5.26 Å². The maximum atomic E-state index is 12.7. The van der Waals surface area contributed by atoms with Gasteiger partial charge in [0.15, 0.2) is 0 Å². The number of carbonyl (C=O) groups is 1. The van der Waals surface area contributed by atoms with Crippen LogP contribution >= 0.6 is 11.3 Å². The summed E-state index contributed by atoms with van der Waals surface area (Å²) in [7, 11) is 0. The van der Waals surface area contributed by atoms with Gasteiger partial charge in [-0.25, -0.2) is 0 Å². The number of hydrogen-bond acceptors (Lipinski definition) is 3. The molecule has 0 radical (unpaired) electrons. The molecule has 1 N–H and O–H groups in total. The lowest BCUT2D eigenvalue weighted by Crippen LogP contribution is -2.28. The van der Waals surface area contributed by atoms with Gasteiger partial charge in [-0.15, -0.1) is 11.3 Å². The van der Waals surface area contributed by atoms with E-state index in [0.717, 1.165) is 31.2 Å². The highest BCUT2D eigenvalue weighted by Crippen LogP contribution is 2.45. The number of benzene rings is 1. The standard InChI is InChI=1S/C24H30N2OS/c1-6-24(4,5)18-11-12-19-20(14-25)23(28-21(19)13-18)26-22(27)17-9-7-16(8-10-17)15(2)3/h7-10,15,18H,6,11-13H2,1-5H3,(H,26,27). The lowest BCUT2D eigenvalue weighted by atomic mass is 9.69. The molecule has 1 aliphatic carbocycles. The number of hydrogen-bond donors (Lipinski definition) is 1. The van der Waals surface area contributed by atoms with E-state index in [2.05, 4.69) is 46.0 Å². The topological polar surface area (TPSA) is 52.9 Å². The number of thiophene rings is 1. The largest absolute Gasteiger partial charge is 0.312 e. The first-order chi connectivity index (χ1) is 13.3. The normalized spacial score (nSPS) is 16.5. The van der Waals surface area contributed by atoms with Crippen LogP contribution in [0.1, 0.15) is 85.3 Å². The van der Waals surface area contributed by atoms with Crippen molar-refractivity contribution in [3.63, 3.8) is 0 Å². The Balaban J connectivity index is 1.82. The summed E-state index contributed by atoms with van der Waals surface area (Å²) >= 11 is 1.59. The zero-order valence-electron chi connectivity index (χ0n) is 17.6. The smallest absolute Gasteiger partial charge is 0.256 e. The lowest BCUT2D eigenvalue weighted by Gasteiger charge is -2.36. The number of fused-ring (bicyclic) bond motifs is 1. The third-order valence-electron chi connectivity index (χ3n) is 6.46. The van der Waals surface area contributed by atoms with Crippen LogP contribution in [0.15, 0.2) is 24.3 Å². The first kappa shape index (κ1) is 20.6. The molecule has 0 saturated heterocycles. The molecule has 1 aromatic heterocycles. The van der Waals surface area contributed by atoms with Gasteiger partial charge in [0, 0.05) is 10.4 Å². The van der Waals surface area contributed by atoms with Crippen molar-refractivity contribution in [2.45, 2.75) is 66.2 Å². The number of nitrogens with zero attached hydrogens (tertiary/aromatic N) is 1. The first-order valence-electron chi connectivity index (χ1n) is 10.2. The van der Waals surface area contributed by atoms with Crippen LogP contribution in [0.25, 0.3) is 0 Å². The Morgan fingerprint density at radius 2 is 2.00 bits per heavy atom. The van der Waals surface area contributed by atoms with Crippen molar-refractivity contribution < 1.29 is 4.79 Å². The van der Waals surface area contributed by atoms with E-state index in [-0.39, 0.29) is 5.91 Å². The minimum atomic E-state index is -0.143. The summed E-state index contributed by atoms with van der Waals surface area (Å²) in [5, 5.41) is 13.4. The molecule has 0 aliphatic heterocycles. The van der Waals surface area contributed by atoms with Gasteiger partial charge in [0.2, 0.25) is 0 Å². The Hall–Kier alpha value is -2.12. The van der Waals surface area contributed by atoms with Gasteiger partial charge in [-0.05, 0) is 59.8 Å². The summed E-state index contributed by atoms with van der Waals surface area (Å²) in [6, 6.07) is 10.1. The van der Waals surface area contributed by atoms with Gasteiger partial charge in [-0.3, -0.25) is 4.79 Å². The van der Waals surface area contributed by atoms with Crippen molar-refractivity contribution in [3.8, 4) is 6.07 Å². The highest BCUT2D eigenvalue weighted by molar-refractivity contribution is 7.16. The molecular formula is C24H30N2OS. The van der Waals surface area contributed by atoms with Gasteiger partial charge in [-0.1, -0.05) is 53.2 Å². The molecule has 3 nitrogen and oxygen atoms in total. The fraction of sp³-hybridized carbons (Fsp3) is 0.500. The molecular weight excluding hydrogens is 364 g/mol. The van der Waals surface area contributed by atoms with Crippen LogP contribution in [0.4, 0.5) is 5.00 Å². The minimum absolute atomic E-state index is 0.143. The van der Waals surface area contributed by atoms with Crippen LogP contribution in [0.3, 0.4) is 0 Å². The molecule has 1 aliphatic rings. The van der Waals surface area contributed by atoms with E-state index in [1.54, 1.807) is 11.3 Å². The zero-order valence-corrected chi connectivity index (χ0v) is 18.4. The third kappa shape index (κ3) is 4.00. The van der Waals surface area contributed by atoms with Crippen LogP contribution in [-0.2, 0) is 12.8 Å². The molecule has 0 bridgehead atoms. The average molecular weight is 395 g/mol. The minimum Gasteiger partial charge on any atom is -0.312 e. The van der Waals surface area contributed by atoms with Crippen LogP contribution in [-0.4, -0.2) is 5.91 Å². The van der Waals surface area contributed by atoms with Gasteiger partial charge in [0.25, 0.3) is 5.91 Å². The number of nitriles is 1. The Kier molecular flexibility index (Phi) is 5.95. The molecule has 1 heterocycles. The highest BCUT2D eigenvalue weighted by Gasteiger charge is 2.34. The predicted molar refractivity (Wildman–Crippen MR) is 117 cm³/mol. The van der Waals surface area contributed by atoms with Gasteiger partial charge in [0.1, 0.15) is 11.1 Å². The molecule has 4 heteroatoms. The monoisotopic (exact) mass is 394 g/mol. The molecule has 0 saturated carbocycles. The van der Waals surface area contributed by atoms with E-state index in [0.29, 0.717) is 33.4 Å². The summed E-state index contributed by atoms with van der Waals surface area (Å²) in [4.78, 5) is 14.0. The van der Waals surface area contributed by atoms with Crippen LogP contribution in [0.2, 0.25) is 0 Å². The summed E-state index contributed by atoms with van der Waals surface area (Å²) < 4.78 is 0. The summed E-state index contributed by atoms with van der Waals surface area (Å²) in [5.41, 5.74) is 3.96. The number of nitrogens with one attached hydrogen (secondary N) is 1. The van der Waals surface area contributed by atoms with Crippen molar-refractivity contribution in [2.24, 2.45) is 11.3 Å². The second-order valence-electron chi connectivity index (χ2n) is 8.83. The second kappa shape index (κ2) is 8.09. The number of anilines is 1. The van der Waals surface area contributed by atoms with Crippen LogP contribution in [0, 0.1) is 22.7 Å². The SMILES string of the molecule is CCC(C)(C)C1CCc2c(sc(NC(=O)c3ccc(C(C)C)cc3)c2C#N)C1. The third-order valence-corrected chi connectivity index (χ3v) is 7.63. The van der Waals surface area contributed by atoms with Crippen molar-refractivity contribution in [2.75, 3.05) is 5.32 Å². The molecule has 0 fully saturated rings. The average Bonchev–Trinajstić information content (AvgIpc) is 3.03. The highest BCUT2D eigenvalue weighted by atomic mass is 32.1.